The molecule has 0 spiro atoms. The number of ether oxygens (including phenoxy) is 1. The van der Waals surface area contributed by atoms with Crippen molar-refractivity contribution in [2.75, 3.05) is 7.11 Å². The Balaban J connectivity index is 2.32. The van der Waals surface area contributed by atoms with Gasteiger partial charge in [-0.25, -0.2) is 0 Å². The summed E-state index contributed by atoms with van der Waals surface area (Å²) in [6.07, 6.45) is 0. The average Bonchev–Trinajstić information content (AvgIpc) is 2.80. The molecule has 0 aliphatic carbocycles. The van der Waals surface area contributed by atoms with Crippen LogP contribution in [-0.4, -0.2) is 12.9 Å². The highest BCUT2D eigenvalue weighted by atomic mass is 79.9. The van der Waals surface area contributed by atoms with Crippen LogP contribution in [0.1, 0.15) is 21.9 Å². The Labute approximate surface area is 121 Å². The van der Waals surface area contributed by atoms with E-state index in [1.807, 2.05) is 12.1 Å². The zero-order chi connectivity index (χ0) is 13.1. The fraction of sp³-hybridized carbons (Fsp3) is 0.154. The van der Waals surface area contributed by atoms with Crippen LogP contribution >= 0.6 is 31.9 Å². The van der Waals surface area contributed by atoms with E-state index in [0.717, 1.165) is 8.95 Å². The standard InChI is InChI=1S/C13H10Br2O3/c1-17-7-9-3-5-12(18-9)13(16)10-6-8(14)2-4-11(10)15/h2-6H,7H2,1H3. The molecule has 0 atom stereocenters. The van der Waals surface area contributed by atoms with Crippen molar-refractivity contribution in [3.05, 3.63) is 56.4 Å². The molecule has 0 unspecified atom stereocenters. The summed E-state index contributed by atoms with van der Waals surface area (Å²) in [4.78, 5) is 12.3. The predicted octanol–water partition coefficient (Wildman–Crippen LogP) is 4.18. The van der Waals surface area contributed by atoms with Crippen molar-refractivity contribution in [2.24, 2.45) is 0 Å². The van der Waals surface area contributed by atoms with Gasteiger partial charge in [0.15, 0.2) is 5.76 Å². The largest absolute Gasteiger partial charge is 0.455 e. The lowest BCUT2D eigenvalue weighted by Gasteiger charge is -2.02. The van der Waals surface area contributed by atoms with E-state index in [1.54, 1.807) is 25.3 Å². The molecule has 0 N–H and O–H groups in total. The lowest BCUT2D eigenvalue weighted by molar-refractivity contribution is 0.0999. The third-order valence-electron chi connectivity index (χ3n) is 2.35. The number of halogens is 2. The van der Waals surface area contributed by atoms with E-state index in [2.05, 4.69) is 31.9 Å². The number of benzene rings is 1. The quantitative estimate of drug-likeness (QED) is 0.754. The summed E-state index contributed by atoms with van der Waals surface area (Å²) in [5.41, 5.74) is 0.558. The summed E-state index contributed by atoms with van der Waals surface area (Å²) in [6.45, 7) is 0.354. The first kappa shape index (κ1) is 13.5. The van der Waals surface area contributed by atoms with Gasteiger partial charge in [0, 0.05) is 21.6 Å². The number of furan rings is 1. The lowest BCUT2D eigenvalue weighted by Crippen LogP contribution is -2.00. The van der Waals surface area contributed by atoms with Gasteiger partial charge < -0.3 is 9.15 Å². The van der Waals surface area contributed by atoms with Gasteiger partial charge in [-0.15, -0.1) is 0 Å². The number of carbonyl (C=O) groups is 1. The predicted molar refractivity (Wildman–Crippen MR) is 74.7 cm³/mol. The monoisotopic (exact) mass is 372 g/mol. The molecule has 0 bridgehead atoms. The molecule has 94 valence electrons. The molecule has 0 saturated heterocycles. The van der Waals surface area contributed by atoms with E-state index in [1.165, 1.54) is 0 Å². The highest BCUT2D eigenvalue weighted by molar-refractivity contribution is 9.11. The summed E-state index contributed by atoms with van der Waals surface area (Å²) in [5.74, 6) is 0.776. The Morgan fingerprint density at radius 3 is 2.78 bits per heavy atom. The number of hydrogen-bond donors (Lipinski definition) is 0. The topological polar surface area (TPSA) is 39.4 Å². The van der Waals surface area contributed by atoms with E-state index >= 15 is 0 Å². The molecule has 0 amide bonds. The van der Waals surface area contributed by atoms with Gasteiger partial charge in [-0.1, -0.05) is 31.9 Å². The van der Waals surface area contributed by atoms with E-state index in [4.69, 9.17) is 9.15 Å². The van der Waals surface area contributed by atoms with Gasteiger partial charge in [0.25, 0.3) is 0 Å². The van der Waals surface area contributed by atoms with Gasteiger partial charge in [-0.2, -0.15) is 0 Å². The number of ketones is 1. The van der Waals surface area contributed by atoms with Gasteiger partial charge in [0.1, 0.15) is 12.4 Å². The maximum absolute atomic E-state index is 12.3. The SMILES string of the molecule is COCc1ccc(C(=O)c2cc(Br)ccc2Br)o1. The molecule has 1 aromatic carbocycles. The summed E-state index contributed by atoms with van der Waals surface area (Å²) >= 11 is 6.70. The van der Waals surface area contributed by atoms with E-state index < -0.39 is 0 Å². The molecule has 1 aromatic heterocycles. The number of carbonyl (C=O) groups excluding carboxylic acids is 1. The fourth-order valence-corrected chi connectivity index (χ4v) is 2.31. The van der Waals surface area contributed by atoms with Crippen LogP contribution < -0.4 is 0 Å². The van der Waals surface area contributed by atoms with Gasteiger partial charge in [-0.3, -0.25) is 4.79 Å². The minimum atomic E-state index is -0.162. The first-order chi connectivity index (χ1) is 8.61. The molecule has 3 nitrogen and oxygen atoms in total. The smallest absolute Gasteiger partial charge is 0.229 e. The van der Waals surface area contributed by atoms with Crippen LogP contribution in [0.15, 0.2) is 43.7 Å². The number of rotatable bonds is 4. The minimum Gasteiger partial charge on any atom is -0.455 e. The van der Waals surface area contributed by atoms with Crippen molar-refractivity contribution in [2.45, 2.75) is 6.61 Å². The van der Waals surface area contributed by atoms with Crippen molar-refractivity contribution < 1.29 is 13.9 Å². The zero-order valence-electron chi connectivity index (χ0n) is 9.57. The Morgan fingerprint density at radius 2 is 2.06 bits per heavy atom. The summed E-state index contributed by atoms with van der Waals surface area (Å²) in [7, 11) is 1.58. The number of methoxy groups -OCH3 is 1. The molecule has 0 radical (unpaired) electrons. The molecule has 0 fully saturated rings. The second-order valence-electron chi connectivity index (χ2n) is 3.65. The van der Waals surface area contributed by atoms with Gasteiger partial charge in [-0.05, 0) is 30.3 Å². The maximum Gasteiger partial charge on any atom is 0.229 e. The molecule has 18 heavy (non-hydrogen) atoms. The molecule has 2 aromatic rings. The first-order valence-electron chi connectivity index (χ1n) is 5.19. The van der Waals surface area contributed by atoms with Crippen molar-refractivity contribution in [1.29, 1.82) is 0 Å². The highest BCUT2D eigenvalue weighted by Gasteiger charge is 2.16. The van der Waals surface area contributed by atoms with Crippen LogP contribution in [0.5, 0.6) is 0 Å². The highest BCUT2D eigenvalue weighted by Crippen LogP contribution is 2.24. The van der Waals surface area contributed by atoms with Gasteiger partial charge in [0.05, 0.1) is 0 Å². The normalized spacial score (nSPS) is 10.6. The second-order valence-corrected chi connectivity index (χ2v) is 5.42. The fourth-order valence-electron chi connectivity index (χ4n) is 1.52. The average molecular weight is 374 g/mol. The van der Waals surface area contributed by atoms with Crippen molar-refractivity contribution in [3.8, 4) is 0 Å². The summed E-state index contributed by atoms with van der Waals surface area (Å²) < 4.78 is 12.0. The Bertz CT molecular complexity index is 575. The van der Waals surface area contributed by atoms with Gasteiger partial charge >= 0.3 is 0 Å². The van der Waals surface area contributed by atoms with E-state index in [9.17, 15) is 4.79 Å². The third kappa shape index (κ3) is 2.91. The molecular formula is C13H10Br2O3. The van der Waals surface area contributed by atoms with Crippen LogP contribution in [0.2, 0.25) is 0 Å². The maximum atomic E-state index is 12.3. The number of hydrogen-bond acceptors (Lipinski definition) is 3. The van der Waals surface area contributed by atoms with Crippen LogP contribution in [0.25, 0.3) is 0 Å². The second kappa shape index (κ2) is 5.82. The van der Waals surface area contributed by atoms with E-state index in [0.29, 0.717) is 23.7 Å². The Morgan fingerprint density at radius 1 is 1.28 bits per heavy atom. The summed E-state index contributed by atoms with van der Waals surface area (Å²) in [6, 6.07) is 8.83. The van der Waals surface area contributed by atoms with Crippen LogP contribution in [-0.2, 0) is 11.3 Å². The first-order valence-corrected chi connectivity index (χ1v) is 6.78. The summed E-state index contributed by atoms with van der Waals surface area (Å²) in [5, 5.41) is 0. The minimum absolute atomic E-state index is 0.162. The molecule has 0 aliphatic heterocycles. The third-order valence-corrected chi connectivity index (χ3v) is 3.53. The van der Waals surface area contributed by atoms with Crippen molar-refractivity contribution >= 4 is 37.6 Å². The van der Waals surface area contributed by atoms with Crippen LogP contribution in [0.4, 0.5) is 0 Å². The van der Waals surface area contributed by atoms with Crippen molar-refractivity contribution in [3.63, 3.8) is 0 Å². The van der Waals surface area contributed by atoms with Crippen LogP contribution in [0.3, 0.4) is 0 Å². The van der Waals surface area contributed by atoms with Crippen LogP contribution in [0, 0.1) is 0 Å². The molecule has 1 heterocycles. The zero-order valence-corrected chi connectivity index (χ0v) is 12.7. The lowest BCUT2D eigenvalue weighted by atomic mass is 10.1. The van der Waals surface area contributed by atoms with E-state index in [-0.39, 0.29) is 5.78 Å². The molecular weight excluding hydrogens is 364 g/mol. The molecule has 0 aliphatic rings. The Kier molecular flexibility index (Phi) is 4.37. The Hall–Kier alpha value is -0.910. The van der Waals surface area contributed by atoms with Gasteiger partial charge in [0.2, 0.25) is 5.78 Å². The van der Waals surface area contributed by atoms with Crippen molar-refractivity contribution in [1.82, 2.24) is 0 Å². The molecule has 2 rings (SSSR count). The molecule has 5 heteroatoms. The molecule has 0 saturated carbocycles.